The highest BCUT2D eigenvalue weighted by atomic mass is 19.4. The molecule has 0 bridgehead atoms. The molecule has 2 heterocycles. The number of fused-ring (bicyclic) bond motifs is 1. The maximum Gasteiger partial charge on any atom is 0.433 e. The average molecular weight is 217 g/mol. The summed E-state index contributed by atoms with van der Waals surface area (Å²) in [6.45, 7) is 0. The Morgan fingerprint density at radius 1 is 1.33 bits per heavy atom. The zero-order valence-corrected chi connectivity index (χ0v) is 7.62. The Morgan fingerprint density at radius 2 is 2.00 bits per heavy atom. The zero-order valence-electron chi connectivity index (χ0n) is 7.62. The van der Waals surface area contributed by atoms with Crippen LogP contribution in [0.1, 0.15) is 5.69 Å². The highest BCUT2D eigenvalue weighted by Gasteiger charge is 2.33. The normalized spacial score (nSPS) is 12.3. The number of hydrogen-bond donors (Lipinski definition) is 0. The van der Waals surface area contributed by atoms with Crippen molar-refractivity contribution in [2.24, 2.45) is 7.05 Å². The predicted octanol–water partition coefficient (Wildman–Crippen LogP) is 1.05. The quantitative estimate of drug-likeness (QED) is 0.661. The summed E-state index contributed by atoms with van der Waals surface area (Å²) in [7, 11) is 1.52. The van der Waals surface area contributed by atoms with Crippen molar-refractivity contribution in [1.82, 2.24) is 14.0 Å². The van der Waals surface area contributed by atoms with Crippen LogP contribution in [0.3, 0.4) is 0 Å². The molecule has 0 saturated heterocycles. The van der Waals surface area contributed by atoms with Gasteiger partial charge in [0.05, 0.1) is 0 Å². The van der Waals surface area contributed by atoms with Gasteiger partial charge in [0.2, 0.25) is 5.78 Å². The Balaban J connectivity index is 2.82. The van der Waals surface area contributed by atoms with Gasteiger partial charge in [-0.15, -0.1) is 0 Å². The lowest BCUT2D eigenvalue weighted by atomic mass is 10.4. The fraction of sp³-hybridized carbons (Fsp3) is 0.250. The van der Waals surface area contributed by atoms with Crippen molar-refractivity contribution in [3.05, 3.63) is 34.5 Å². The van der Waals surface area contributed by atoms with Gasteiger partial charge in [-0.3, -0.25) is 9.20 Å². The van der Waals surface area contributed by atoms with Gasteiger partial charge in [-0.2, -0.15) is 13.2 Å². The molecule has 7 heteroatoms. The van der Waals surface area contributed by atoms with Gasteiger partial charge in [0.15, 0.2) is 5.69 Å². The summed E-state index contributed by atoms with van der Waals surface area (Å²) in [5, 5.41) is 0. The minimum absolute atomic E-state index is 0.0326. The molecule has 80 valence electrons. The number of aromatic nitrogens is 3. The van der Waals surface area contributed by atoms with Gasteiger partial charge in [0.25, 0.3) is 5.56 Å². The molecular weight excluding hydrogens is 211 g/mol. The lowest BCUT2D eigenvalue weighted by Crippen LogP contribution is -2.19. The third-order valence-corrected chi connectivity index (χ3v) is 1.98. The minimum atomic E-state index is -4.60. The van der Waals surface area contributed by atoms with Crippen LogP contribution in [0.2, 0.25) is 0 Å². The second kappa shape index (κ2) is 2.85. The monoisotopic (exact) mass is 217 g/mol. The van der Waals surface area contributed by atoms with Crippen molar-refractivity contribution in [2.45, 2.75) is 6.18 Å². The van der Waals surface area contributed by atoms with Crippen LogP contribution in [0.15, 0.2) is 23.3 Å². The van der Waals surface area contributed by atoms with Crippen LogP contribution >= 0.6 is 0 Å². The third-order valence-electron chi connectivity index (χ3n) is 1.98. The SMILES string of the molecule is Cn1ccn2c(=O)cc(C(F)(F)F)nc12. The first-order chi connectivity index (χ1) is 6.89. The molecule has 0 aromatic carbocycles. The summed E-state index contributed by atoms with van der Waals surface area (Å²) in [6.07, 6.45) is -1.77. The second-order valence-electron chi connectivity index (χ2n) is 3.06. The number of imidazole rings is 1. The van der Waals surface area contributed by atoms with E-state index in [2.05, 4.69) is 4.98 Å². The second-order valence-corrected chi connectivity index (χ2v) is 3.06. The first-order valence-corrected chi connectivity index (χ1v) is 4.01. The molecule has 0 amide bonds. The Hall–Kier alpha value is -1.79. The lowest BCUT2D eigenvalue weighted by molar-refractivity contribution is -0.141. The number of hydrogen-bond acceptors (Lipinski definition) is 2. The van der Waals surface area contributed by atoms with Crippen LogP contribution in [0.25, 0.3) is 5.78 Å². The van der Waals surface area contributed by atoms with Crippen molar-refractivity contribution >= 4 is 5.78 Å². The van der Waals surface area contributed by atoms with E-state index in [1.165, 1.54) is 24.0 Å². The first-order valence-electron chi connectivity index (χ1n) is 4.01. The van der Waals surface area contributed by atoms with Crippen molar-refractivity contribution < 1.29 is 13.2 Å². The molecule has 2 aromatic rings. The van der Waals surface area contributed by atoms with Crippen LogP contribution in [-0.4, -0.2) is 14.0 Å². The Morgan fingerprint density at radius 3 is 2.60 bits per heavy atom. The van der Waals surface area contributed by atoms with E-state index in [9.17, 15) is 18.0 Å². The summed E-state index contributed by atoms with van der Waals surface area (Å²) in [4.78, 5) is 14.6. The molecule has 0 radical (unpaired) electrons. The molecule has 0 N–H and O–H groups in total. The summed E-state index contributed by atoms with van der Waals surface area (Å²) < 4.78 is 39.3. The predicted molar refractivity (Wildman–Crippen MR) is 45.4 cm³/mol. The molecule has 0 fully saturated rings. The minimum Gasteiger partial charge on any atom is -0.320 e. The highest BCUT2D eigenvalue weighted by molar-refractivity contribution is 5.31. The van der Waals surface area contributed by atoms with E-state index in [-0.39, 0.29) is 5.78 Å². The number of halogens is 3. The van der Waals surface area contributed by atoms with Gasteiger partial charge in [0, 0.05) is 25.5 Å². The molecule has 0 spiro atoms. The number of aryl methyl sites for hydroxylation is 1. The Labute approximate surface area is 81.6 Å². The summed E-state index contributed by atoms with van der Waals surface area (Å²) in [6, 6.07) is 0.479. The molecule has 0 saturated carbocycles. The van der Waals surface area contributed by atoms with Crippen molar-refractivity contribution in [1.29, 1.82) is 0 Å². The van der Waals surface area contributed by atoms with E-state index in [0.717, 1.165) is 4.40 Å². The molecule has 2 aromatic heterocycles. The van der Waals surface area contributed by atoms with Crippen LogP contribution in [0.5, 0.6) is 0 Å². The smallest absolute Gasteiger partial charge is 0.320 e. The third kappa shape index (κ3) is 1.49. The fourth-order valence-electron chi connectivity index (χ4n) is 1.25. The number of rotatable bonds is 0. The van der Waals surface area contributed by atoms with Crippen LogP contribution in [0, 0.1) is 0 Å². The molecule has 0 atom stereocenters. The number of alkyl halides is 3. The van der Waals surface area contributed by atoms with Crippen molar-refractivity contribution in [3.63, 3.8) is 0 Å². The molecule has 0 aliphatic heterocycles. The maximum atomic E-state index is 12.3. The van der Waals surface area contributed by atoms with E-state index in [0.29, 0.717) is 6.07 Å². The van der Waals surface area contributed by atoms with Gasteiger partial charge in [-0.1, -0.05) is 0 Å². The van der Waals surface area contributed by atoms with E-state index < -0.39 is 17.4 Å². The fourth-order valence-corrected chi connectivity index (χ4v) is 1.25. The van der Waals surface area contributed by atoms with Crippen molar-refractivity contribution in [3.8, 4) is 0 Å². The molecule has 0 aliphatic carbocycles. The van der Waals surface area contributed by atoms with E-state index in [4.69, 9.17) is 0 Å². The van der Waals surface area contributed by atoms with Gasteiger partial charge in [-0.05, 0) is 0 Å². The van der Waals surface area contributed by atoms with Gasteiger partial charge in [-0.25, -0.2) is 4.98 Å². The molecule has 2 rings (SSSR count). The molecule has 0 aliphatic rings. The molecule has 15 heavy (non-hydrogen) atoms. The van der Waals surface area contributed by atoms with Gasteiger partial charge >= 0.3 is 6.18 Å². The largest absolute Gasteiger partial charge is 0.433 e. The van der Waals surface area contributed by atoms with Gasteiger partial charge in [0.1, 0.15) is 0 Å². The maximum absolute atomic E-state index is 12.3. The van der Waals surface area contributed by atoms with Gasteiger partial charge < -0.3 is 4.57 Å². The van der Waals surface area contributed by atoms with Crippen molar-refractivity contribution in [2.75, 3.05) is 0 Å². The molecule has 0 unspecified atom stereocenters. The summed E-state index contributed by atoms with van der Waals surface area (Å²) in [5.41, 5.74) is -1.91. The van der Waals surface area contributed by atoms with E-state index >= 15 is 0 Å². The van der Waals surface area contributed by atoms with E-state index in [1.54, 1.807) is 0 Å². The Bertz CT molecular complexity index is 566. The Kier molecular flexibility index (Phi) is 1.85. The highest BCUT2D eigenvalue weighted by Crippen LogP contribution is 2.26. The number of nitrogens with zero attached hydrogens (tertiary/aromatic N) is 3. The van der Waals surface area contributed by atoms with E-state index in [1.807, 2.05) is 0 Å². The molecule has 4 nitrogen and oxygen atoms in total. The standard InChI is InChI=1S/C8H6F3N3O/c1-13-2-3-14-6(15)4-5(8(9,10)11)12-7(13)14/h2-4H,1H3. The summed E-state index contributed by atoms with van der Waals surface area (Å²) in [5.74, 6) is -0.0326. The van der Waals surface area contributed by atoms with Crippen LogP contribution in [-0.2, 0) is 13.2 Å². The zero-order chi connectivity index (χ0) is 11.2. The topological polar surface area (TPSA) is 39.3 Å². The summed E-state index contributed by atoms with van der Waals surface area (Å²) >= 11 is 0. The van der Waals surface area contributed by atoms with Crippen LogP contribution < -0.4 is 5.56 Å². The van der Waals surface area contributed by atoms with Crippen LogP contribution in [0.4, 0.5) is 13.2 Å². The first kappa shape index (κ1) is 9.75. The average Bonchev–Trinajstić information content (AvgIpc) is 2.47. The molecular formula is C8H6F3N3O. The lowest BCUT2D eigenvalue weighted by Gasteiger charge is -2.05.